The van der Waals surface area contributed by atoms with Crippen LogP contribution in [0.5, 0.6) is 0 Å². The number of aliphatic hydroxyl groups is 1. The van der Waals surface area contributed by atoms with Crippen molar-refractivity contribution in [3.63, 3.8) is 0 Å². The Bertz CT molecular complexity index is 119. The van der Waals surface area contributed by atoms with Gasteiger partial charge in [-0.15, -0.1) is 0 Å². The summed E-state index contributed by atoms with van der Waals surface area (Å²) in [7, 11) is 0. The molecule has 0 bridgehead atoms. The van der Waals surface area contributed by atoms with Gasteiger partial charge in [0.15, 0.2) is 6.10 Å². The van der Waals surface area contributed by atoms with E-state index < -0.39 is 18.1 Å². The highest BCUT2D eigenvalue weighted by Gasteiger charge is 2.20. The summed E-state index contributed by atoms with van der Waals surface area (Å²) in [5, 5.41) is 17.0. The molecule has 0 aliphatic heterocycles. The van der Waals surface area contributed by atoms with E-state index in [0.717, 1.165) is 0 Å². The van der Waals surface area contributed by atoms with E-state index in [1.807, 2.05) is 0 Å². The third-order valence-electron chi connectivity index (χ3n) is 1.02. The van der Waals surface area contributed by atoms with Crippen molar-refractivity contribution in [2.24, 2.45) is 5.73 Å². The molecule has 60 valence electrons. The largest absolute Gasteiger partial charge is 0.479 e. The average Bonchev–Trinajstić information content (AvgIpc) is 1.87. The molecule has 0 saturated heterocycles. The quantitative estimate of drug-likeness (QED) is 0.504. The van der Waals surface area contributed by atoms with Crippen LogP contribution in [0.3, 0.4) is 0 Å². The second-order valence-electron chi connectivity index (χ2n) is 1.90. The van der Waals surface area contributed by atoms with Crippen LogP contribution in [0.2, 0.25) is 0 Å². The first-order valence-corrected chi connectivity index (χ1v) is 4.14. The highest BCUT2D eigenvalue weighted by molar-refractivity contribution is 7.98. The molecule has 0 amide bonds. The Morgan fingerprint density at radius 2 is 2.30 bits per heavy atom. The van der Waals surface area contributed by atoms with E-state index >= 15 is 0 Å². The monoisotopic (exact) mass is 165 g/mol. The van der Waals surface area contributed by atoms with Crippen LogP contribution in [-0.2, 0) is 4.79 Å². The molecule has 4 N–H and O–H groups in total. The molecule has 0 aromatic rings. The lowest BCUT2D eigenvalue weighted by Crippen LogP contribution is -2.42. The average molecular weight is 165 g/mol. The fourth-order valence-electron chi connectivity index (χ4n) is 0.467. The van der Waals surface area contributed by atoms with E-state index in [1.165, 1.54) is 11.8 Å². The summed E-state index contributed by atoms with van der Waals surface area (Å²) in [4.78, 5) is 10.1. The summed E-state index contributed by atoms with van der Waals surface area (Å²) in [6.07, 6.45) is 0.362. The van der Waals surface area contributed by atoms with Crippen LogP contribution >= 0.6 is 11.8 Å². The van der Waals surface area contributed by atoms with Crippen LogP contribution < -0.4 is 5.73 Å². The molecule has 0 rings (SSSR count). The van der Waals surface area contributed by atoms with Crippen molar-refractivity contribution in [2.75, 3.05) is 12.0 Å². The van der Waals surface area contributed by atoms with Crippen LogP contribution in [0.15, 0.2) is 0 Å². The topological polar surface area (TPSA) is 83.5 Å². The van der Waals surface area contributed by atoms with Crippen LogP contribution in [0, 0.1) is 0 Å². The molecule has 0 aromatic carbocycles. The van der Waals surface area contributed by atoms with Crippen LogP contribution in [0.1, 0.15) is 0 Å². The normalized spacial score (nSPS) is 16.3. The SMILES string of the molecule is CSCC(N)C(O)C(=O)O. The molecule has 0 heterocycles. The summed E-state index contributed by atoms with van der Waals surface area (Å²) < 4.78 is 0. The van der Waals surface area contributed by atoms with Gasteiger partial charge in [-0.25, -0.2) is 4.79 Å². The number of carboxylic acids is 1. The van der Waals surface area contributed by atoms with Gasteiger partial charge in [-0.3, -0.25) is 0 Å². The minimum atomic E-state index is -1.44. The Morgan fingerprint density at radius 1 is 1.80 bits per heavy atom. The molecule has 10 heavy (non-hydrogen) atoms. The van der Waals surface area contributed by atoms with E-state index in [1.54, 1.807) is 6.26 Å². The Kier molecular flexibility index (Phi) is 4.42. The molecule has 0 fully saturated rings. The van der Waals surface area contributed by atoms with Crippen molar-refractivity contribution in [3.8, 4) is 0 Å². The van der Waals surface area contributed by atoms with E-state index in [-0.39, 0.29) is 0 Å². The fraction of sp³-hybridized carbons (Fsp3) is 0.800. The third kappa shape index (κ3) is 3.05. The van der Waals surface area contributed by atoms with Gasteiger partial charge in [-0.2, -0.15) is 11.8 Å². The van der Waals surface area contributed by atoms with Crippen molar-refractivity contribution in [2.45, 2.75) is 12.1 Å². The Balaban J connectivity index is 3.69. The van der Waals surface area contributed by atoms with Crippen LogP contribution in [0.25, 0.3) is 0 Å². The summed E-state index contributed by atoms with van der Waals surface area (Å²) >= 11 is 1.41. The number of carboxylic acid groups (broad SMARTS) is 1. The van der Waals surface area contributed by atoms with E-state index in [0.29, 0.717) is 5.75 Å². The zero-order valence-electron chi connectivity index (χ0n) is 5.65. The van der Waals surface area contributed by atoms with Gasteiger partial charge in [0.1, 0.15) is 0 Å². The maximum atomic E-state index is 10.1. The summed E-state index contributed by atoms with van der Waals surface area (Å²) in [6, 6.07) is -0.674. The zero-order valence-corrected chi connectivity index (χ0v) is 6.47. The van der Waals surface area contributed by atoms with E-state index in [4.69, 9.17) is 15.9 Å². The number of aliphatic hydroxyl groups excluding tert-OH is 1. The van der Waals surface area contributed by atoms with Gasteiger partial charge in [0, 0.05) is 5.75 Å². The van der Waals surface area contributed by atoms with Gasteiger partial charge < -0.3 is 15.9 Å². The molecule has 5 heteroatoms. The van der Waals surface area contributed by atoms with Crippen molar-refractivity contribution in [1.82, 2.24) is 0 Å². The van der Waals surface area contributed by atoms with Crippen molar-refractivity contribution in [1.29, 1.82) is 0 Å². The molecule has 0 aliphatic rings. The first kappa shape index (κ1) is 9.74. The van der Waals surface area contributed by atoms with E-state index in [2.05, 4.69) is 0 Å². The van der Waals surface area contributed by atoms with E-state index in [9.17, 15) is 4.79 Å². The molecule has 0 radical (unpaired) electrons. The minimum Gasteiger partial charge on any atom is -0.479 e. The second kappa shape index (κ2) is 4.54. The van der Waals surface area contributed by atoms with Gasteiger partial charge in [0.2, 0.25) is 0 Å². The van der Waals surface area contributed by atoms with Crippen LogP contribution in [-0.4, -0.2) is 40.3 Å². The van der Waals surface area contributed by atoms with Crippen molar-refractivity contribution < 1.29 is 15.0 Å². The fourth-order valence-corrected chi connectivity index (χ4v) is 1.03. The highest BCUT2D eigenvalue weighted by atomic mass is 32.2. The predicted molar refractivity (Wildman–Crippen MR) is 40.0 cm³/mol. The maximum Gasteiger partial charge on any atom is 0.334 e. The highest BCUT2D eigenvalue weighted by Crippen LogP contribution is 1.99. The van der Waals surface area contributed by atoms with Gasteiger partial charge in [-0.05, 0) is 6.26 Å². The van der Waals surface area contributed by atoms with Crippen molar-refractivity contribution >= 4 is 17.7 Å². The molecule has 4 nitrogen and oxygen atoms in total. The molecule has 0 spiro atoms. The third-order valence-corrected chi connectivity index (χ3v) is 1.74. The lowest BCUT2D eigenvalue weighted by atomic mass is 10.2. The minimum absolute atomic E-state index is 0.452. The molecular formula is C5H11NO3S. The molecule has 0 aromatic heterocycles. The van der Waals surface area contributed by atoms with Crippen LogP contribution in [0.4, 0.5) is 0 Å². The number of thioether (sulfide) groups is 1. The second-order valence-corrected chi connectivity index (χ2v) is 2.81. The zero-order chi connectivity index (χ0) is 8.15. The molecule has 0 saturated carbocycles. The maximum absolute atomic E-state index is 10.1. The number of hydrogen-bond donors (Lipinski definition) is 3. The lowest BCUT2D eigenvalue weighted by molar-refractivity contribution is -0.147. The summed E-state index contributed by atoms with van der Waals surface area (Å²) in [5.41, 5.74) is 5.28. The molecule has 2 atom stereocenters. The Morgan fingerprint density at radius 3 is 2.60 bits per heavy atom. The molecule has 0 aliphatic carbocycles. The van der Waals surface area contributed by atoms with Gasteiger partial charge in [0.25, 0.3) is 0 Å². The number of hydrogen-bond acceptors (Lipinski definition) is 4. The first-order valence-electron chi connectivity index (χ1n) is 2.75. The number of nitrogens with two attached hydrogens (primary N) is 1. The number of rotatable bonds is 4. The number of carbonyl (C=O) groups is 1. The predicted octanol–water partition coefficient (Wildman–Crippen LogP) is -0.878. The van der Waals surface area contributed by atoms with Crippen molar-refractivity contribution in [3.05, 3.63) is 0 Å². The summed E-state index contributed by atoms with van der Waals surface area (Å²) in [5.74, 6) is -0.811. The smallest absolute Gasteiger partial charge is 0.334 e. The lowest BCUT2D eigenvalue weighted by Gasteiger charge is -2.12. The Labute approximate surface area is 63.4 Å². The molecular weight excluding hydrogens is 154 g/mol. The van der Waals surface area contributed by atoms with Gasteiger partial charge in [0.05, 0.1) is 6.04 Å². The standard InChI is InChI=1S/C5H11NO3S/c1-10-2-3(6)4(7)5(8)9/h3-4,7H,2,6H2,1H3,(H,8,9). The van der Waals surface area contributed by atoms with Gasteiger partial charge >= 0.3 is 5.97 Å². The summed E-state index contributed by atoms with van der Waals surface area (Å²) in [6.45, 7) is 0. The molecule has 2 unspecified atom stereocenters. The number of aliphatic carboxylic acids is 1. The van der Waals surface area contributed by atoms with Gasteiger partial charge in [-0.1, -0.05) is 0 Å². The first-order chi connectivity index (χ1) is 4.59. The Hall–Kier alpha value is -0.260.